The van der Waals surface area contributed by atoms with Gasteiger partial charge in [0.1, 0.15) is 0 Å². The first-order valence-electron chi connectivity index (χ1n) is 6.91. The van der Waals surface area contributed by atoms with Crippen molar-refractivity contribution >= 4 is 23.2 Å². The van der Waals surface area contributed by atoms with Crippen LogP contribution >= 0.6 is 23.2 Å². The molecule has 0 aromatic heterocycles. The van der Waals surface area contributed by atoms with Gasteiger partial charge in [-0.3, -0.25) is 0 Å². The van der Waals surface area contributed by atoms with E-state index in [1.54, 1.807) is 18.2 Å². The number of aryl methyl sites for hydroxylation is 1. The molecule has 2 N–H and O–H groups in total. The number of halogens is 2. The monoisotopic (exact) mass is 323 g/mol. The maximum absolute atomic E-state index is 10.3. The molecular formula is C17H19Cl2NO. The van der Waals surface area contributed by atoms with Gasteiger partial charge in [-0.2, -0.15) is 0 Å². The molecule has 4 heteroatoms. The summed E-state index contributed by atoms with van der Waals surface area (Å²) < 4.78 is 0. The molecule has 112 valence electrons. The highest BCUT2D eigenvalue weighted by atomic mass is 35.5. The highest BCUT2D eigenvalue weighted by Gasteiger charge is 2.14. The Labute approximate surface area is 135 Å². The third-order valence-electron chi connectivity index (χ3n) is 3.59. The summed E-state index contributed by atoms with van der Waals surface area (Å²) in [6.45, 7) is 4.57. The Morgan fingerprint density at radius 2 is 1.81 bits per heavy atom. The molecule has 0 heterocycles. The van der Waals surface area contributed by atoms with Crippen LogP contribution in [0, 0.1) is 6.92 Å². The average molecular weight is 324 g/mol. The molecule has 2 atom stereocenters. The van der Waals surface area contributed by atoms with Crippen molar-refractivity contribution in [3.8, 4) is 0 Å². The zero-order valence-electron chi connectivity index (χ0n) is 12.1. The number of rotatable bonds is 5. The lowest BCUT2D eigenvalue weighted by molar-refractivity contribution is 0.171. The minimum absolute atomic E-state index is 0.152. The molecule has 0 aliphatic heterocycles. The van der Waals surface area contributed by atoms with Crippen molar-refractivity contribution in [2.24, 2.45) is 0 Å². The van der Waals surface area contributed by atoms with Crippen molar-refractivity contribution in [1.29, 1.82) is 0 Å². The summed E-state index contributed by atoms with van der Waals surface area (Å²) in [7, 11) is 0. The molecule has 0 saturated carbocycles. The van der Waals surface area contributed by atoms with Gasteiger partial charge in [0.15, 0.2) is 0 Å². The topological polar surface area (TPSA) is 32.3 Å². The van der Waals surface area contributed by atoms with E-state index in [4.69, 9.17) is 23.2 Å². The molecule has 0 amide bonds. The second kappa shape index (κ2) is 7.28. The van der Waals surface area contributed by atoms with E-state index >= 15 is 0 Å². The summed E-state index contributed by atoms with van der Waals surface area (Å²) in [6, 6.07) is 13.5. The lowest BCUT2D eigenvalue weighted by atomic mass is 10.0. The second-order valence-corrected chi connectivity index (χ2v) is 6.01. The maximum Gasteiger partial charge on any atom is 0.0929 e. The van der Waals surface area contributed by atoms with E-state index in [9.17, 15) is 5.11 Å². The standard InChI is InChI=1S/C17H19Cl2NO/c1-11-5-3-4-6-14(11)12(2)20-10-17(21)15-9-13(18)7-8-16(15)19/h3-9,12,17,20-21H,10H2,1-2H3/t12-,17?/m0/s1. The Morgan fingerprint density at radius 3 is 2.52 bits per heavy atom. The van der Waals surface area contributed by atoms with E-state index in [0.717, 1.165) is 0 Å². The van der Waals surface area contributed by atoms with E-state index in [-0.39, 0.29) is 6.04 Å². The summed E-state index contributed by atoms with van der Waals surface area (Å²) in [5, 5.41) is 14.7. The van der Waals surface area contributed by atoms with E-state index in [0.29, 0.717) is 22.2 Å². The summed E-state index contributed by atoms with van der Waals surface area (Å²) in [5.41, 5.74) is 3.10. The first-order chi connectivity index (χ1) is 9.99. The number of hydrogen-bond donors (Lipinski definition) is 2. The van der Waals surface area contributed by atoms with Crippen LogP contribution in [0.2, 0.25) is 10.0 Å². The summed E-state index contributed by atoms with van der Waals surface area (Å²) in [4.78, 5) is 0. The van der Waals surface area contributed by atoms with Crippen LogP contribution in [0.15, 0.2) is 42.5 Å². The fourth-order valence-corrected chi connectivity index (χ4v) is 2.77. The van der Waals surface area contributed by atoms with Gasteiger partial charge in [-0.1, -0.05) is 47.5 Å². The van der Waals surface area contributed by atoms with E-state index in [2.05, 4.69) is 31.3 Å². The Kier molecular flexibility index (Phi) is 5.65. The van der Waals surface area contributed by atoms with Crippen molar-refractivity contribution < 1.29 is 5.11 Å². The van der Waals surface area contributed by atoms with Crippen LogP contribution in [-0.2, 0) is 0 Å². The predicted molar refractivity (Wildman–Crippen MR) is 89.0 cm³/mol. The lowest BCUT2D eigenvalue weighted by Gasteiger charge is -2.20. The highest BCUT2D eigenvalue weighted by molar-refractivity contribution is 6.33. The zero-order chi connectivity index (χ0) is 15.4. The van der Waals surface area contributed by atoms with Crippen LogP contribution in [0.4, 0.5) is 0 Å². The van der Waals surface area contributed by atoms with Crippen LogP contribution in [0.1, 0.15) is 35.8 Å². The molecule has 2 aromatic rings. The molecule has 0 aliphatic carbocycles. The van der Waals surface area contributed by atoms with Gasteiger partial charge in [0.2, 0.25) is 0 Å². The minimum atomic E-state index is -0.692. The SMILES string of the molecule is Cc1ccccc1[C@H](C)NCC(O)c1cc(Cl)ccc1Cl. The van der Waals surface area contributed by atoms with E-state index < -0.39 is 6.10 Å². The number of aliphatic hydroxyl groups excluding tert-OH is 1. The fraction of sp³-hybridized carbons (Fsp3) is 0.294. The summed E-state index contributed by atoms with van der Waals surface area (Å²) in [5.74, 6) is 0. The van der Waals surface area contributed by atoms with Gasteiger partial charge in [0.25, 0.3) is 0 Å². The maximum atomic E-state index is 10.3. The number of benzene rings is 2. The quantitative estimate of drug-likeness (QED) is 0.836. The zero-order valence-corrected chi connectivity index (χ0v) is 13.6. The van der Waals surface area contributed by atoms with Gasteiger partial charge >= 0.3 is 0 Å². The number of nitrogens with one attached hydrogen (secondary N) is 1. The third kappa shape index (κ3) is 4.21. The average Bonchev–Trinajstić information content (AvgIpc) is 2.47. The summed E-state index contributed by atoms with van der Waals surface area (Å²) >= 11 is 12.1. The van der Waals surface area contributed by atoms with Crippen LogP contribution in [0.3, 0.4) is 0 Å². The van der Waals surface area contributed by atoms with Gasteiger partial charge in [-0.15, -0.1) is 0 Å². The molecule has 21 heavy (non-hydrogen) atoms. The molecular weight excluding hydrogens is 305 g/mol. The van der Waals surface area contributed by atoms with Crippen molar-refractivity contribution in [3.05, 3.63) is 69.2 Å². The predicted octanol–water partition coefficient (Wildman–Crippen LogP) is 4.69. The normalized spacial score (nSPS) is 14.0. The Morgan fingerprint density at radius 1 is 1.10 bits per heavy atom. The van der Waals surface area contributed by atoms with Crippen LogP contribution in [-0.4, -0.2) is 11.7 Å². The second-order valence-electron chi connectivity index (χ2n) is 5.17. The highest BCUT2D eigenvalue weighted by Crippen LogP contribution is 2.26. The Bertz CT molecular complexity index is 615. The molecule has 0 fully saturated rings. The lowest BCUT2D eigenvalue weighted by Crippen LogP contribution is -2.25. The third-order valence-corrected chi connectivity index (χ3v) is 4.17. The first-order valence-corrected chi connectivity index (χ1v) is 7.66. The number of aliphatic hydroxyl groups is 1. The van der Waals surface area contributed by atoms with Crippen LogP contribution in [0.25, 0.3) is 0 Å². The van der Waals surface area contributed by atoms with Crippen LogP contribution < -0.4 is 5.32 Å². The van der Waals surface area contributed by atoms with E-state index in [1.165, 1.54) is 11.1 Å². The molecule has 2 aromatic carbocycles. The molecule has 2 rings (SSSR count). The summed E-state index contributed by atoms with van der Waals surface area (Å²) in [6.07, 6.45) is -0.692. The van der Waals surface area contributed by atoms with Crippen molar-refractivity contribution in [2.45, 2.75) is 26.0 Å². The first kappa shape index (κ1) is 16.3. The number of hydrogen-bond acceptors (Lipinski definition) is 2. The van der Waals surface area contributed by atoms with Gasteiger partial charge in [-0.25, -0.2) is 0 Å². The molecule has 0 bridgehead atoms. The Balaban J connectivity index is 2.02. The minimum Gasteiger partial charge on any atom is -0.387 e. The van der Waals surface area contributed by atoms with Gasteiger partial charge < -0.3 is 10.4 Å². The van der Waals surface area contributed by atoms with Crippen molar-refractivity contribution in [1.82, 2.24) is 5.32 Å². The smallest absolute Gasteiger partial charge is 0.0929 e. The molecule has 0 spiro atoms. The fourth-order valence-electron chi connectivity index (χ4n) is 2.35. The molecule has 0 aliphatic rings. The largest absolute Gasteiger partial charge is 0.387 e. The van der Waals surface area contributed by atoms with Gasteiger partial charge in [0, 0.05) is 28.2 Å². The van der Waals surface area contributed by atoms with E-state index in [1.807, 2.05) is 12.1 Å². The molecule has 2 nitrogen and oxygen atoms in total. The van der Waals surface area contributed by atoms with Gasteiger partial charge in [-0.05, 0) is 43.2 Å². The molecule has 1 unspecified atom stereocenters. The molecule has 0 saturated heterocycles. The van der Waals surface area contributed by atoms with Gasteiger partial charge in [0.05, 0.1) is 6.10 Å². The van der Waals surface area contributed by atoms with Crippen molar-refractivity contribution in [3.63, 3.8) is 0 Å². The van der Waals surface area contributed by atoms with Crippen LogP contribution in [0.5, 0.6) is 0 Å². The Hall–Kier alpha value is -1.06. The van der Waals surface area contributed by atoms with Crippen molar-refractivity contribution in [2.75, 3.05) is 6.54 Å². The molecule has 0 radical (unpaired) electrons.